The second-order valence-corrected chi connectivity index (χ2v) is 8.60. The first-order valence-corrected chi connectivity index (χ1v) is 11.3. The van der Waals surface area contributed by atoms with Crippen molar-refractivity contribution in [3.63, 3.8) is 0 Å². The SMILES string of the molecule is CCC(=O)O[Si](CCCCc1ccc(F)c(F)c1)(OC(=O)CC)OC(=O)CC. The topological polar surface area (TPSA) is 78.9 Å². The molecular formula is C19H26F2O6Si. The first-order valence-electron chi connectivity index (χ1n) is 9.34. The van der Waals surface area contributed by atoms with Gasteiger partial charge in [0.25, 0.3) is 17.9 Å². The highest BCUT2D eigenvalue weighted by Gasteiger charge is 2.52. The van der Waals surface area contributed by atoms with Crippen LogP contribution < -0.4 is 0 Å². The molecule has 0 bridgehead atoms. The van der Waals surface area contributed by atoms with E-state index in [0.29, 0.717) is 24.8 Å². The van der Waals surface area contributed by atoms with Gasteiger partial charge in [-0.2, -0.15) is 0 Å². The number of hydrogen-bond acceptors (Lipinski definition) is 6. The van der Waals surface area contributed by atoms with Crippen LogP contribution in [0.25, 0.3) is 0 Å². The number of carbonyl (C=O) groups is 3. The van der Waals surface area contributed by atoms with Gasteiger partial charge >= 0.3 is 8.80 Å². The van der Waals surface area contributed by atoms with Gasteiger partial charge in [0.15, 0.2) is 11.6 Å². The molecule has 156 valence electrons. The summed E-state index contributed by atoms with van der Waals surface area (Å²) in [5.41, 5.74) is 0.604. The Balaban J connectivity index is 2.85. The van der Waals surface area contributed by atoms with Crippen LogP contribution in [-0.2, 0) is 34.1 Å². The van der Waals surface area contributed by atoms with Crippen LogP contribution >= 0.6 is 0 Å². The molecule has 0 amide bonds. The standard InChI is InChI=1S/C19H26F2O6Si/c1-4-17(22)25-28(26-18(23)5-2,27-19(24)6-3)12-8-7-9-14-10-11-15(20)16(21)13-14/h10-11,13H,4-9,12H2,1-3H3. The van der Waals surface area contributed by atoms with Crippen LogP contribution in [0.1, 0.15) is 58.4 Å². The number of hydrogen-bond donors (Lipinski definition) is 0. The second-order valence-electron chi connectivity index (χ2n) is 6.12. The molecule has 6 nitrogen and oxygen atoms in total. The Labute approximate surface area is 164 Å². The fourth-order valence-electron chi connectivity index (χ4n) is 2.32. The van der Waals surface area contributed by atoms with Crippen molar-refractivity contribution < 1.29 is 36.4 Å². The lowest BCUT2D eigenvalue weighted by molar-refractivity contribution is -0.150. The van der Waals surface area contributed by atoms with Crippen molar-refractivity contribution in [2.45, 2.75) is 65.3 Å². The first kappa shape index (κ1) is 23.7. The maximum absolute atomic E-state index is 13.3. The summed E-state index contributed by atoms with van der Waals surface area (Å²) in [6, 6.07) is 3.72. The molecule has 0 spiro atoms. The average Bonchev–Trinajstić information content (AvgIpc) is 2.67. The van der Waals surface area contributed by atoms with Gasteiger partial charge in [-0.05, 0) is 37.0 Å². The summed E-state index contributed by atoms with van der Waals surface area (Å²) in [5, 5.41) is 0. The van der Waals surface area contributed by atoms with Crippen molar-refractivity contribution in [2.24, 2.45) is 0 Å². The van der Waals surface area contributed by atoms with E-state index in [4.69, 9.17) is 13.3 Å². The molecule has 0 aliphatic rings. The maximum atomic E-state index is 13.3. The summed E-state index contributed by atoms with van der Waals surface area (Å²) in [5.74, 6) is -3.72. The largest absolute Gasteiger partial charge is 0.705 e. The number of rotatable bonds is 11. The molecule has 0 atom stereocenters. The molecule has 1 aromatic rings. The Morgan fingerprint density at radius 2 is 1.32 bits per heavy atom. The molecular weight excluding hydrogens is 390 g/mol. The summed E-state index contributed by atoms with van der Waals surface area (Å²) < 4.78 is 42.2. The summed E-state index contributed by atoms with van der Waals surface area (Å²) in [6.07, 6.45) is 1.46. The average molecular weight is 416 g/mol. The molecule has 0 aliphatic carbocycles. The fourth-order valence-corrected chi connectivity index (χ4v) is 4.91. The van der Waals surface area contributed by atoms with E-state index in [1.165, 1.54) is 6.07 Å². The van der Waals surface area contributed by atoms with Gasteiger partial charge in [0.05, 0.1) is 6.04 Å². The highest BCUT2D eigenvalue weighted by atomic mass is 28.4. The molecule has 0 radical (unpaired) electrons. The van der Waals surface area contributed by atoms with Crippen LogP contribution in [0.4, 0.5) is 8.78 Å². The molecule has 1 aromatic carbocycles. The molecule has 0 heterocycles. The minimum absolute atomic E-state index is 0.0386. The molecule has 0 N–H and O–H groups in total. The van der Waals surface area contributed by atoms with Crippen molar-refractivity contribution in [2.75, 3.05) is 0 Å². The van der Waals surface area contributed by atoms with E-state index >= 15 is 0 Å². The molecule has 0 aliphatic heterocycles. The minimum Gasteiger partial charge on any atom is -0.455 e. The van der Waals surface area contributed by atoms with Crippen LogP contribution in [0.3, 0.4) is 0 Å². The van der Waals surface area contributed by atoms with Gasteiger partial charge in [-0.15, -0.1) is 0 Å². The third-order valence-corrected chi connectivity index (χ3v) is 6.44. The van der Waals surface area contributed by atoms with Crippen LogP contribution in [-0.4, -0.2) is 26.7 Å². The number of carbonyl (C=O) groups excluding carboxylic acids is 3. The van der Waals surface area contributed by atoms with Crippen LogP contribution in [0.5, 0.6) is 0 Å². The van der Waals surface area contributed by atoms with Crippen molar-refractivity contribution >= 4 is 26.7 Å². The Hall–Kier alpha value is -2.29. The van der Waals surface area contributed by atoms with E-state index in [1.54, 1.807) is 20.8 Å². The van der Waals surface area contributed by atoms with Crippen molar-refractivity contribution in [1.82, 2.24) is 0 Å². The zero-order valence-corrected chi connectivity index (χ0v) is 17.4. The van der Waals surface area contributed by atoms with E-state index in [0.717, 1.165) is 12.1 Å². The molecule has 0 saturated carbocycles. The van der Waals surface area contributed by atoms with Gasteiger partial charge in [0, 0.05) is 19.3 Å². The molecule has 0 unspecified atom stereocenters. The van der Waals surface area contributed by atoms with Crippen LogP contribution in [0.15, 0.2) is 18.2 Å². The Bertz CT molecular complexity index is 649. The van der Waals surface area contributed by atoms with E-state index in [-0.39, 0.29) is 25.3 Å². The number of halogens is 2. The van der Waals surface area contributed by atoms with Gasteiger partial charge in [-0.1, -0.05) is 26.8 Å². The fraction of sp³-hybridized carbons (Fsp3) is 0.526. The summed E-state index contributed by atoms with van der Waals surface area (Å²) in [7, 11) is -3.89. The maximum Gasteiger partial charge on any atom is 0.705 e. The molecule has 0 saturated heterocycles. The Kier molecular flexibility index (Phi) is 9.78. The molecule has 0 aromatic heterocycles. The van der Waals surface area contributed by atoms with Crippen molar-refractivity contribution in [3.05, 3.63) is 35.4 Å². The highest BCUT2D eigenvalue weighted by Crippen LogP contribution is 2.23. The predicted octanol–water partition coefficient (Wildman–Crippen LogP) is 4.09. The zero-order valence-electron chi connectivity index (χ0n) is 16.4. The Morgan fingerprint density at radius 3 is 1.75 bits per heavy atom. The lowest BCUT2D eigenvalue weighted by atomic mass is 10.1. The first-order chi connectivity index (χ1) is 13.2. The van der Waals surface area contributed by atoms with Crippen molar-refractivity contribution in [1.29, 1.82) is 0 Å². The number of unbranched alkanes of at least 4 members (excludes halogenated alkanes) is 1. The van der Waals surface area contributed by atoms with E-state index in [2.05, 4.69) is 0 Å². The van der Waals surface area contributed by atoms with Crippen molar-refractivity contribution in [3.8, 4) is 0 Å². The summed E-state index contributed by atoms with van der Waals surface area (Å²) in [6.45, 7) is 4.73. The van der Waals surface area contributed by atoms with Crippen LogP contribution in [0.2, 0.25) is 6.04 Å². The minimum atomic E-state index is -3.89. The highest BCUT2D eigenvalue weighted by molar-refractivity contribution is 6.65. The lowest BCUT2D eigenvalue weighted by Gasteiger charge is -2.27. The monoisotopic (exact) mass is 416 g/mol. The Morgan fingerprint density at radius 1 is 0.821 bits per heavy atom. The summed E-state index contributed by atoms with van der Waals surface area (Å²) in [4.78, 5) is 35.5. The zero-order chi connectivity index (χ0) is 21.2. The van der Waals surface area contributed by atoms with Gasteiger partial charge in [0.2, 0.25) is 0 Å². The number of aryl methyl sites for hydroxylation is 1. The van der Waals surface area contributed by atoms with E-state index in [1.807, 2.05) is 0 Å². The smallest absolute Gasteiger partial charge is 0.455 e. The molecule has 9 heteroatoms. The second kappa shape index (κ2) is 11.5. The third-order valence-electron chi connectivity index (χ3n) is 3.86. The predicted molar refractivity (Wildman–Crippen MR) is 99.0 cm³/mol. The van der Waals surface area contributed by atoms with Crippen LogP contribution in [0, 0.1) is 11.6 Å². The van der Waals surface area contributed by atoms with Gasteiger partial charge in [0.1, 0.15) is 0 Å². The van der Waals surface area contributed by atoms with Gasteiger partial charge in [-0.25, -0.2) is 8.78 Å². The summed E-state index contributed by atoms with van der Waals surface area (Å²) >= 11 is 0. The third kappa shape index (κ3) is 7.75. The quantitative estimate of drug-likeness (QED) is 0.399. The lowest BCUT2D eigenvalue weighted by Crippen LogP contribution is -2.50. The van der Waals surface area contributed by atoms with E-state index in [9.17, 15) is 23.2 Å². The van der Waals surface area contributed by atoms with Gasteiger partial charge < -0.3 is 13.3 Å². The van der Waals surface area contributed by atoms with E-state index < -0.39 is 38.3 Å². The molecule has 0 fully saturated rings. The number of benzene rings is 1. The molecule has 28 heavy (non-hydrogen) atoms. The van der Waals surface area contributed by atoms with Gasteiger partial charge in [-0.3, -0.25) is 14.4 Å². The molecule has 1 rings (SSSR count). The normalized spacial score (nSPS) is 11.0.